The van der Waals surface area contributed by atoms with Crippen LogP contribution in [-0.4, -0.2) is 94.8 Å². The molecule has 0 saturated heterocycles. The van der Waals surface area contributed by atoms with Gasteiger partial charge in [0.25, 0.3) is 0 Å². The minimum Gasteiger partial charge on any atom is -0.480 e. The van der Waals surface area contributed by atoms with Gasteiger partial charge in [-0.15, -0.1) is 0 Å². The first kappa shape index (κ1) is 21.9. The molecule has 0 spiro atoms. The van der Waals surface area contributed by atoms with Crippen LogP contribution in [0.3, 0.4) is 0 Å². The second-order valence-corrected chi connectivity index (χ2v) is 7.74. The van der Waals surface area contributed by atoms with E-state index in [2.05, 4.69) is 0 Å². The maximum Gasteiger partial charge on any atom is 0.500 e. The molecule has 1 atom stereocenters. The van der Waals surface area contributed by atoms with E-state index in [4.69, 9.17) is 28.2 Å². The lowest BCUT2D eigenvalue weighted by Crippen LogP contribution is -2.45. The molecule has 10 nitrogen and oxygen atoms in total. The molecule has 0 heterocycles. The van der Waals surface area contributed by atoms with Gasteiger partial charge in [0.1, 0.15) is 6.23 Å². The topological polar surface area (TPSA) is 135 Å². The highest BCUT2D eigenvalue weighted by Crippen LogP contribution is 2.14. The summed E-state index contributed by atoms with van der Waals surface area (Å²) in [4.78, 5) is 22.2. The SMILES string of the molecule is CO[Si](CCCOCC(O)N(CC(=O)O)CC(=O)O)(OC)OC. The van der Waals surface area contributed by atoms with Gasteiger partial charge in [-0.05, 0) is 6.42 Å². The zero-order valence-electron chi connectivity index (χ0n) is 13.6. The summed E-state index contributed by atoms with van der Waals surface area (Å²) < 4.78 is 21.0. The molecule has 0 fully saturated rings. The van der Waals surface area contributed by atoms with Gasteiger partial charge in [0.15, 0.2) is 0 Å². The third-order valence-electron chi connectivity index (χ3n) is 3.07. The number of aliphatic carboxylic acids is 2. The van der Waals surface area contributed by atoms with Crippen molar-refractivity contribution in [3.05, 3.63) is 0 Å². The van der Waals surface area contributed by atoms with Crippen LogP contribution >= 0.6 is 0 Å². The highest BCUT2D eigenvalue weighted by molar-refractivity contribution is 6.60. The molecule has 0 rings (SSSR count). The Morgan fingerprint density at radius 2 is 1.52 bits per heavy atom. The van der Waals surface area contributed by atoms with E-state index in [-0.39, 0.29) is 13.2 Å². The molecule has 0 bridgehead atoms. The third-order valence-corrected chi connectivity index (χ3v) is 5.90. The molecule has 0 aromatic rings. The van der Waals surface area contributed by atoms with Crippen molar-refractivity contribution in [3.8, 4) is 0 Å². The fourth-order valence-electron chi connectivity index (χ4n) is 1.86. The number of rotatable bonds is 14. The van der Waals surface area contributed by atoms with Gasteiger partial charge in [0.2, 0.25) is 0 Å². The Hall–Kier alpha value is -1.08. The molecule has 0 aliphatic heterocycles. The average molecular weight is 355 g/mol. The molecule has 3 N–H and O–H groups in total. The van der Waals surface area contributed by atoms with Gasteiger partial charge < -0.3 is 33.3 Å². The van der Waals surface area contributed by atoms with Gasteiger partial charge in [0.05, 0.1) is 19.7 Å². The van der Waals surface area contributed by atoms with Crippen LogP contribution < -0.4 is 0 Å². The summed E-state index contributed by atoms with van der Waals surface area (Å²) in [5, 5.41) is 27.2. The molecule has 0 aliphatic carbocycles. The average Bonchev–Trinajstić information content (AvgIpc) is 2.49. The van der Waals surface area contributed by atoms with E-state index in [9.17, 15) is 14.7 Å². The van der Waals surface area contributed by atoms with Crippen molar-refractivity contribution in [2.75, 3.05) is 47.6 Å². The normalized spacial score (nSPS) is 13.3. The summed E-state index contributed by atoms with van der Waals surface area (Å²) in [5.41, 5.74) is 0. The zero-order valence-corrected chi connectivity index (χ0v) is 14.6. The standard InChI is InChI=1S/C12H25NO9Si/c1-19-23(20-2,21-3)6-4-5-22-9-10(14)13(7-11(15)16)8-12(17)18/h10,14H,4-9H2,1-3H3,(H,15,16)(H,17,18). The van der Waals surface area contributed by atoms with E-state index in [0.29, 0.717) is 12.5 Å². The van der Waals surface area contributed by atoms with E-state index >= 15 is 0 Å². The Bertz CT molecular complexity index is 340. The van der Waals surface area contributed by atoms with Crippen molar-refractivity contribution >= 4 is 20.7 Å². The molecule has 0 saturated carbocycles. The number of hydrogen-bond acceptors (Lipinski definition) is 8. The number of carboxylic acid groups (broad SMARTS) is 2. The number of aliphatic hydroxyl groups is 1. The summed E-state index contributed by atoms with van der Waals surface area (Å²) in [7, 11) is 1.83. The molecule has 0 aliphatic rings. The molecule has 136 valence electrons. The molecule has 0 radical (unpaired) electrons. The van der Waals surface area contributed by atoms with Gasteiger partial charge >= 0.3 is 20.7 Å². The summed E-state index contributed by atoms with van der Waals surface area (Å²) in [6, 6.07) is 0.514. The Labute approximate surface area is 135 Å². The Morgan fingerprint density at radius 1 is 1.04 bits per heavy atom. The van der Waals surface area contributed by atoms with E-state index in [1.54, 1.807) is 0 Å². The fourth-order valence-corrected chi connectivity index (χ4v) is 3.54. The molecular formula is C12H25NO9Si. The zero-order chi connectivity index (χ0) is 17.9. The maximum absolute atomic E-state index is 10.7. The van der Waals surface area contributed by atoms with Gasteiger partial charge in [0, 0.05) is 34.0 Å². The van der Waals surface area contributed by atoms with Gasteiger partial charge in [-0.1, -0.05) is 0 Å². The molecule has 0 amide bonds. The van der Waals surface area contributed by atoms with Gasteiger partial charge in [-0.25, -0.2) is 0 Å². The van der Waals surface area contributed by atoms with Crippen molar-refractivity contribution in [2.45, 2.75) is 18.7 Å². The molecule has 11 heteroatoms. The van der Waals surface area contributed by atoms with Crippen LogP contribution in [0.1, 0.15) is 6.42 Å². The lowest BCUT2D eigenvalue weighted by molar-refractivity contribution is -0.149. The summed E-state index contributed by atoms with van der Waals surface area (Å²) in [6.45, 7) is -1.13. The van der Waals surface area contributed by atoms with Crippen molar-refractivity contribution in [2.24, 2.45) is 0 Å². The Morgan fingerprint density at radius 3 is 1.91 bits per heavy atom. The van der Waals surface area contributed by atoms with E-state index < -0.39 is 40.1 Å². The van der Waals surface area contributed by atoms with E-state index in [1.165, 1.54) is 21.3 Å². The van der Waals surface area contributed by atoms with Crippen LogP contribution in [0.15, 0.2) is 0 Å². The highest BCUT2D eigenvalue weighted by atomic mass is 28.4. The monoisotopic (exact) mass is 355 g/mol. The maximum atomic E-state index is 10.7. The molecule has 1 unspecified atom stereocenters. The van der Waals surface area contributed by atoms with Crippen LogP contribution in [0.2, 0.25) is 6.04 Å². The predicted octanol–water partition coefficient (Wildman–Crippen LogP) is -0.939. The van der Waals surface area contributed by atoms with Crippen LogP contribution in [0.5, 0.6) is 0 Å². The largest absolute Gasteiger partial charge is 0.500 e. The number of ether oxygens (including phenoxy) is 1. The number of aliphatic hydroxyl groups excluding tert-OH is 1. The predicted molar refractivity (Wildman–Crippen MR) is 79.9 cm³/mol. The van der Waals surface area contributed by atoms with Crippen LogP contribution in [0, 0.1) is 0 Å². The minimum absolute atomic E-state index is 0.206. The minimum atomic E-state index is -2.67. The van der Waals surface area contributed by atoms with Crippen LogP contribution in [0.25, 0.3) is 0 Å². The van der Waals surface area contributed by atoms with Crippen molar-refractivity contribution in [3.63, 3.8) is 0 Å². The highest BCUT2D eigenvalue weighted by Gasteiger charge is 2.36. The Balaban J connectivity index is 4.18. The summed E-state index contributed by atoms with van der Waals surface area (Å²) in [6.07, 6.45) is -0.775. The number of nitrogens with zero attached hydrogens (tertiary/aromatic N) is 1. The molecule has 0 aromatic carbocycles. The lowest BCUT2D eigenvalue weighted by atomic mass is 10.4. The summed E-state index contributed by atoms with van der Waals surface area (Å²) >= 11 is 0. The smallest absolute Gasteiger partial charge is 0.480 e. The van der Waals surface area contributed by atoms with E-state index in [0.717, 1.165) is 4.90 Å². The van der Waals surface area contributed by atoms with E-state index in [1.807, 2.05) is 0 Å². The number of carboxylic acids is 2. The number of hydrogen-bond donors (Lipinski definition) is 3. The molecule has 0 aromatic heterocycles. The first-order chi connectivity index (χ1) is 10.8. The first-order valence-corrected chi connectivity index (χ1v) is 8.82. The lowest BCUT2D eigenvalue weighted by Gasteiger charge is -2.25. The van der Waals surface area contributed by atoms with Crippen molar-refractivity contribution in [1.29, 1.82) is 0 Å². The van der Waals surface area contributed by atoms with Crippen molar-refractivity contribution in [1.82, 2.24) is 4.90 Å². The van der Waals surface area contributed by atoms with Crippen LogP contribution in [0.4, 0.5) is 0 Å². The third kappa shape index (κ3) is 8.95. The Kier molecular flexibility index (Phi) is 10.9. The van der Waals surface area contributed by atoms with Gasteiger partial charge in [-0.3, -0.25) is 14.5 Å². The quantitative estimate of drug-likeness (QED) is 0.203. The van der Waals surface area contributed by atoms with Crippen molar-refractivity contribution < 1.29 is 42.9 Å². The summed E-state index contributed by atoms with van der Waals surface area (Å²) in [5.74, 6) is -2.47. The second-order valence-electron chi connectivity index (χ2n) is 4.65. The second kappa shape index (κ2) is 11.5. The molecule has 23 heavy (non-hydrogen) atoms. The number of carbonyl (C=O) groups is 2. The fraction of sp³-hybridized carbons (Fsp3) is 0.833. The van der Waals surface area contributed by atoms with Crippen LogP contribution in [-0.2, 0) is 27.6 Å². The first-order valence-electron chi connectivity index (χ1n) is 6.89. The van der Waals surface area contributed by atoms with Gasteiger partial charge in [-0.2, -0.15) is 0 Å². The molecular weight excluding hydrogens is 330 g/mol.